The van der Waals surface area contributed by atoms with Crippen LogP contribution in [0, 0.1) is 19.8 Å². The van der Waals surface area contributed by atoms with Gasteiger partial charge in [-0.2, -0.15) is 4.98 Å². The Morgan fingerprint density at radius 1 is 1.06 bits per heavy atom. The number of rotatable bonds is 5. The number of hydrogen-bond acceptors (Lipinski definition) is 6. The third-order valence-electron chi connectivity index (χ3n) is 7.29. The molecule has 8 heteroatoms. The molecule has 0 bridgehead atoms. The van der Waals surface area contributed by atoms with Crippen LogP contribution in [0.5, 0.6) is 0 Å². The highest BCUT2D eigenvalue weighted by Gasteiger charge is 2.32. The Bertz CT molecular complexity index is 1170. The second-order valence-electron chi connectivity index (χ2n) is 9.62. The van der Waals surface area contributed by atoms with Crippen molar-refractivity contribution in [2.24, 2.45) is 5.92 Å². The Balaban J connectivity index is 1.16. The average Bonchev–Trinajstić information content (AvgIpc) is 3.34. The Morgan fingerprint density at radius 3 is 2.60 bits per heavy atom. The van der Waals surface area contributed by atoms with Gasteiger partial charge in [-0.25, -0.2) is 0 Å². The van der Waals surface area contributed by atoms with E-state index in [0.29, 0.717) is 18.3 Å². The molecule has 2 fully saturated rings. The number of anilines is 1. The SMILES string of the molecule is Cc1cccc(N2CCN(C(=O)C3CCCN(Cc4nc(-c5ccc(Br)cc5)no4)C3)CC2)c1C. The lowest BCUT2D eigenvalue weighted by atomic mass is 9.96. The molecule has 1 atom stereocenters. The number of piperidine rings is 1. The third kappa shape index (κ3) is 5.43. The first-order valence-corrected chi connectivity index (χ1v) is 13.2. The molecule has 35 heavy (non-hydrogen) atoms. The second kappa shape index (κ2) is 10.5. The largest absolute Gasteiger partial charge is 0.368 e. The quantitative estimate of drug-likeness (QED) is 0.470. The van der Waals surface area contributed by atoms with Gasteiger partial charge in [0.15, 0.2) is 0 Å². The number of carbonyl (C=O) groups is 1. The zero-order chi connectivity index (χ0) is 24.4. The highest BCUT2D eigenvalue weighted by atomic mass is 79.9. The van der Waals surface area contributed by atoms with Gasteiger partial charge in [0.25, 0.3) is 0 Å². The molecule has 1 unspecified atom stereocenters. The lowest BCUT2D eigenvalue weighted by Gasteiger charge is -2.40. The summed E-state index contributed by atoms with van der Waals surface area (Å²) in [6, 6.07) is 14.3. The second-order valence-corrected chi connectivity index (χ2v) is 10.5. The van der Waals surface area contributed by atoms with Gasteiger partial charge in [0.1, 0.15) is 0 Å². The maximum Gasteiger partial charge on any atom is 0.241 e. The topological polar surface area (TPSA) is 65.7 Å². The first-order chi connectivity index (χ1) is 17.0. The van der Waals surface area contributed by atoms with Crippen LogP contribution in [0.25, 0.3) is 11.4 Å². The van der Waals surface area contributed by atoms with Crippen molar-refractivity contribution < 1.29 is 9.32 Å². The Labute approximate surface area is 215 Å². The summed E-state index contributed by atoms with van der Waals surface area (Å²) in [7, 11) is 0. The fraction of sp³-hybridized carbons (Fsp3) is 0.444. The van der Waals surface area contributed by atoms with Crippen molar-refractivity contribution in [3.63, 3.8) is 0 Å². The number of carbonyl (C=O) groups excluding carboxylic acids is 1. The van der Waals surface area contributed by atoms with Gasteiger partial charge in [0, 0.05) is 48.4 Å². The molecule has 1 amide bonds. The Kier molecular flexibility index (Phi) is 7.20. The first kappa shape index (κ1) is 24.0. The zero-order valence-electron chi connectivity index (χ0n) is 20.4. The number of nitrogens with zero attached hydrogens (tertiary/aromatic N) is 5. The molecule has 3 heterocycles. The molecule has 2 aliphatic heterocycles. The monoisotopic (exact) mass is 537 g/mol. The molecule has 2 aliphatic rings. The van der Waals surface area contributed by atoms with E-state index in [2.05, 4.69) is 72.8 Å². The maximum atomic E-state index is 13.4. The summed E-state index contributed by atoms with van der Waals surface area (Å²) in [6.45, 7) is 9.93. The van der Waals surface area contributed by atoms with E-state index in [0.717, 1.165) is 62.1 Å². The summed E-state index contributed by atoms with van der Waals surface area (Å²) in [5.41, 5.74) is 4.87. The van der Waals surface area contributed by atoms with Crippen LogP contribution in [-0.4, -0.2) is 65.1 Å². The minimum atomic E-state index is 0.0323. The van der Waals surface area contributed by atoms with E-state index in [-0.39, 0.29) is 11.8 Å². The van der Waals surface area contributed by atoms with Crippen molar-refractivity contribution >= 4 is 27.5 Å². The smallest absolute Gasteiger partial charge is 0.241 e. The molecule has 184 valence electrons. The summed E-state index contributed by atoms with van der Waals surface area (Å²) < 4.78 is 6.54. The predicted molar refractivity (Wildman–Crippen MR) is 140 cm³/mol. The molecule has 5 rings (SSSR count). The van der Waals surface area contributed by atoms with Gasteiger partial charge in [-0.1, -0.05) is 33.2 Å². The van der Waals surface area contributed by atoms with Gasteiger partial charge in [0.2, 0.25) is 17.6 Å². The van der Waals surface area contributed by atoms with Crippen LogP contribution in [0.15, 0.2) is 51.5 Å². The molecule has 7 nitrogen and oxygen atoms in total. The highest BCUT2D eigenvalue weighted by molar-refractivity contribution is 9.10. The van der Waals surface area contributed by atoms with Crippen LogP contribution in [0.3, 0.4) is 0 Å². The number of piperazine rings is 1. The van der Waals surface area contributed by atoms with E-state index < -0.39 is 0 Å². The zero-order valence-corrected chi connectivity index (χ0v) is 22.0. The minimum absolute atomic E-state index is 0.0323. The third-order valence-corrected chi connectivity index (χ3v) is 7.82. The molecule has 0 radical (unpaired) electrons. The van der Waals surface area contributed by atoms with Crippen LogP contribution in [0.2, 0.25) is 0 Å². The van der Waals surface area contributed by atoms with E-state index in [1.165, 1.54) is 16.8 Å². The van der Waals surface area contributed by atoms with Crippen LogP contribution in [0.4, 0.5) is 5.69 Å². The highest BCUT2D eigenvalue weighted by Crippen LogP contribution is 2.26. The molecular weight excluding hydrogens is 506 g/mol. The Hall–Kier alpha value is -2.71. The number of benzene rings is 2. The molecular formula is C27H32BrN5O2. The lowest BCUT2D eigenvalue weighted by Crippen LogP contribution is -2.52. The molecule has 2 aromatic carbocycles. The summed E-state index contributed by atoms with van der Waals surface area (Å²) in [5, 5.41) is 4.14. The predicted octanol–water partition coefficient (Wildman–Crippen LogP) is 4.68. The molecule has 0 N–H and O–H groups in total. The average molecular weight is 538 g/mol. The van der Waals surface area contributed by atoms with Crippen molar-refractivity contribution in [2.75, 3.05) is 44.2 Å². The standard InChI is InChI=1S/C27H32BrN5O2/c1-19-5-3-7-24(20(19)2)32-13-15-33(16-14-32)27(34)22-6-4-12-31(17-22)18-25-29-26(30-35-25)21-8-10-23(28)11-9-21/h3,5,7-11,22H,4,6,12-18H2,1-2H3. The van der Waals surface area contributed by atoms with Gasteiger partial charge < -0.3 is 14.3 Å². The summed E-state index contributed by atoms with van der Waals surface area (Å²) in [6.07, 6.45) is 1.95. The Morgan fingerprint density at radius 2 is 1.83 bits per heavy atom. The maximum absolute atomic E-state index is 13.4. The molecule has 0 aliphatic carbocycles. The number of amides is 1. The number of likely N-dealkylation sites (tertiary alicyclic amines) is 1. The number of aromatic nitrogens is 2. The van der Waals surface area contributed by atoms with Crippen LogP contribution in [0.1, 0.15) is 29.9 Å². The van der Waals surface area contributed by atoms with Crippen molar-refractivity contribution in [3.05, 3.63) is 64.0 Å². The van der Waals surface area contributed by atoms with Crippen molar-refractivity contribution in [1.29, 1.82) is 0 Å². The fourth-order valence-corrected chi connectivity index (χ4v) is 5.40. The van der Waals surface area contributed by atoms with Gasteiger partial charge >= 0.3 is 0 Å². The first-order valence-electron chi connectivity index (χ1n) is 12.4. The minimum Gasteiger partial charge on any atom is -0.368 e. The lowest BCUT2D eigenvalue weighted by molar-refractivity contribution is -0.137. The molecule has 1 aromatic heterocycles. The molecule has 2 saturated heterocycles. The van der Waals surface area contributed by atoms with E-state index in [9.17, 15) is 4.79 Å². The van der Waals surface area contributed by atoms with Crippen LogP contribution in [-0.2, 0) is 11.3 Å². The molecule has 0 saturated carbocycles. The number of halogens is 1. The van der Waals surface area contributed by atoms with Crippen LogP contribution >= 0.6 is 15.9 Å². The van der Waals surface area contributed by atoms with Crippen LogP contribution < -0.4 is 4.90 Å². The normalized spacial score (nSPS) is 19.2. The van der Waals surface area contributed by atoms with Crippen molar-refractivity contribution in [1.82, 2.24) is 19.9 Å². The van der Waals surface area contributed by atoms with Crippen molar-refractivity contribution in [2.45, 2.75) is 33.2 Å². The van der Waals surface area contributed by atoms with Gasteiger partial charge in [0.05, 0.1) is 12.5 Å². The van der Waals surface area contributed by atoms with E-state index >= 15 is 0 Å². The molecule has 0 spiro atoms. The van der Waals surface area contributed by atoms with Gasteiger partial charge in [-0.15, -0.1) is 0 Å². The van der Waals surface area contributed by atoms with Crippen molar-refractivity contribution in [3.8, 4) is 11.4 Å². The summed E-state index contributed by atoms with van der Waals surface area (Å²) in [5.74, 6) is 1.51. The van der Waals surface area contributed by atoms with Gasteiger partial charge in [-0.3, -0.25) is 9.69 Å². The van der Waals surface area contributed by atoms with E-state index in [4.69, 9.17) is 4.52 Å². The number of hydrogen-bond donors (Lipinski definition) is 0. The fourth-order valence-electron chi connectivity index (χ4n) is 5.13. The van der Waals surface area contributed by atoms with E-state index in [1.807, 2.05) is 24.3 Å². The number of aryl methyl sites for hydroxylation is 1. The van der Waals surface area contributed by atoms with Gasteiger partial charge in [-0.05, 0) is 74.7 Å². The molecule has 3 aromatic rings. The summed E-state index contributed by atoms with van der Waals surface area (Å²) in [4.78, 5) is 24.7. The summed E-state index contributed by atoms with van der Waals surface area (Å²) >= 11 is 3.45. The van der Waals surface area contributed by atoms with E-state index in [1.54, 1.807) is 0 Å².